The molecule has 0 atom stereocenters. The molecule has 1 aliphatic heterocycles. The Hall–Kier alpha value is -4.26. The van der Waals surface area contributed by atoms with E-state index in [-0.39, 0.29) is 37.1 Å². The van der Waals surface area contributed by atoms with E-state index in [2.05, 4.69) is 16.0 Å². The Labute approximate surface area is 273 Å². The molecule has 1 radical (unpaired) electrons. The van der Waals surface area contributed by atoms with E-state index >= 15 is 0 Å². The van der Waals surface area contributed by atoms with Crippen molar-refractivity contribution in [2.45, 2.75) is 41.5 Å². The fourth-order valence-electron chi connectivity index (χ4n) is 5.07. The number of aliphatic hydroxyl groups excluding tert-OH is 1. The SMILES string of the molecule is CC(C)(C)C(=O)/C=C(\O)C(C)(C)C.Fc1cc2ccc3c4ccnc5c4c(cc3c2cc1F)Oc1nc2ccccc2[c-]c1-5.[Ir]. The van der Waals surface area contributed by atoms with Crippen LogP contribution in [0, 0.1) is 28.5 Å². The predicted octanol–water partition coefficient (Wildman–Crippen LogP) is 10.0. The third-order valence-electron chi connectivity index (χ3n) is 7.68. The van der Waals surface area contributed by atoms with Crippen molar-refractivity contribution in [2.24, 2.45) is 10.8 Å². The Morgan fingerprint density at radius 3 is 2.29 bits per heavy atom. The van der Waals surface area contributed by atoms with E-state index in [4.69, 9.17) is 4.74 Å². The van der Waals surface area contributed by atoms with Gasteiger partial charge in [-0.2, -0.15) is 0 Å². The number of aromatic nitrogens is 2. The molecular weight excluding hydrogens is 751 g/mol. The minimum Gasteiger partial charge on any atom is -0.512 e. The van der Waals surface area contributed by atoms with Gasteiger partial charge in [-0.1, -0.05) is 77.3 Å². The molecule has 0 saturated heterocycles. The van der Waals surface area contributed by atoms with Crippen LogP contribution in [-0.2, 0) is 24.9 Å². The normalized spacial score (nSPS) is 12.8. The smallest absolute Gasteiger partial charge is 0.164 e. The topological polar surface area (TPSA) is 72.3 Å². The van der Waals surface area contributed by atoms with E-state index in [1.165, 1.54) is 18.2 Å². The summed E-state index contributed by atoms with van der Waals surface area (Å²) in [5, 5.41) is 15.2. The summed E-state index contributed by atoms with van der Waals surface area (Å²) in [6.45, 7) is 11.1. The maximum atomic E-state index is 14.1. The van der Waals surface area contributed by atoms with E-state index in [9.17, 15) is 18.7 Å². The molecule has 45 heavy (non-hydrogen) atoms. The molecule has 8 heteroatoms. The van der Waals surface area contributed by atoms with Crippen molar-refractivity contribution in [2.75, 3.05) is 0 Å². The molecule has 1 N–H and O–H groups in total. The van der Waals surface area contributed by atoms with Crippen molar-refractivity contribution in [1.82, 2.24) is 9.97 Å². The largest absolute Gasteiger partial charge is 0.512 e. The zero-order valence-electron chi connectivity index (χ0n) is 25.7. The molecular formula is C37H31F2IrN2O3-. The summed E-state index contributed by atoms with van der Waals surface area (Å²) < 4.78 is 34.1. The first-order chi connectivity index (χ1) is 20.7. The first-order valence-corrected chi connectivity index (χ1v) is 14.3. The third kappa shape index (κ3) is 5.92. The van der Waals surface area contributed by atoms with E-state index in [0.29, 0.717) is 28.0 Å². The fourth-order valence-corrected chi connectivity index (χ4v) is 5.07. The molecule has 0 amide bonds. The fraction of sp³-hybridized carbons (Fsp3) is 0.216. The van der Waals surface area contributed by atoms with Crippen molar-refractivity contribution < 1.29 is 43.5 Å². The first kappa shape index (κ1) is 32.1. The number of aliphatic hydroxyl groups is 1. The van der Waals surface area contributed by atoms with Crippen LogP contribution in [0.5, 0.6) is 11.6 Å². The van der Waals surface area contributed by atoms with Gasteiger partial charge in [-0.05, 0) is 62.3 Å². The Kier molecular flexibility index (Phi) is 8.28. The van der Waals surface area contributed by atoms with Gasteiger partial charge in [-0.15, -0.1) is 12.1 Å². The number of allylic oxidation sites excluding steroid dienone is 2. The molecule has 6 aromatic rings. The molecule has 0 bridgehead atoms. The molecule has 5 nitrogen and oxygen atoms in total. The minimum atomic E-state index is -0.877. The number of fused-ring (bicyclic) bond motifs is 7. The molecule has 0 aliphatic carbocycles. The van der Waals surface area contributed by atoms with Gasteiger partial charge in [0.1, 0.15) is 11.5 Å². The Morgan fingerprint density at radius 1 is 0.867 bits per heavy atom. The van der Waals surface area contributed by atoms with Gasteiger partial charge in [-0.25, -0.2) is 8.78 Å². The molecule has 7 rings (SSSR count). The average molecular weight is 782 g/mol. The molecule has 0 saturated carbocycles. The molecule has 0 fully saturated rings. The molecule has 231 valence electrons. The van der Waals surface area contributed by atoms with E-state index in [1.54, 1.807) is 12.3 Å². The van der Waals surface area contributed by atoms with Gasteiger partial charge in [0.05, 0.1) is 0 Å². The molecule has 1 aliphatic rings. The minimum absolute atomic E-state index is 0. The van der Waals surface area contributed by atoms with Crippen LogP contribution in [0.25, 0.3) is 54.5 Å². The maximum Gasteiger partial charge on any atom is 0.164 e. The van der Waals surface area contributed by atoms with Crippen LogP contribution < -0.4 is 4.74 Å². The van der Waals surface area contributed by atoms with Crippen LogP contribution >= 0.6 is 0 Å². The zero-order chi connectivity index (χ0) is 31.6. The van der Waals surface area contributed by atoms with Crippen LogP contribution in [0.2, 0.25) is 0 Å². The van der Waals surface area contributed by atoms with Crippen LogP contribution in [-0.4, -0.2) is 20.9 Å². The van der Waals surface area contributed by atoms with Gasteiger partial charge >= 0.3 is 0 Å². The van der Waals surface area contributed by atoms with Gasteiger partial charge in [-0.3, -0.25) is 14.8 Å². The van der Waals surface area contributed by atoms with Gasteiger partial charge in [0.15, 0.2) is 23.3 Å². The van der Waals surface area contributed by atoms with E-state index in [1.807, 2.05) is 84.0 Å². The second-order valence-electron chi connectivity index (χ2n) is 13.0. The number of ether oxygens (including phenoxy) is 1. The quantitative estimate of drug-likeness (QED) is 0.0778. The van der Waals surface area contributed by atoms with Crippen LogP contribution in [0.4, 0.5) is 8.78 Å². The standard InChI is InChI=1S/C26H11F2N2O.C11H20O2.Ir/c27-20-10-13-5-6-15-16-7-8-29-25-19-9-14-3-1-2-4-22(14)30-26(19)31-23(24(16)25)12-18(15)17(13)11-21(20)28;1-10(2,3)8(12)7-9(13)11(4,5)6;/h1-8,10-12H;7,12H,1-6H3;/q-1;;/b;8-7-;. The maximum absolute atomic E-state index is 14.1. The second-order valence-corrected chi connectivity index (χ2v) is 13.0. The van der Waals surface area contributed by atoms with E-state index in [0.717, 1.165) is 38.1 Å². The Balaban J connectivity index is 0.000000246. The summed E-state index contributed by atoms with van der Waals surface area (Å²) in [7, 11) is 0. The van der Waals surface area contributed by atoms with Crippen molar-refractivity contribution in [3.05, 3.63) is 96.4 Å². The van der Waals surface area contributed by atoms with Gasteiger partial charge in [0, 0.05) is 54.3 Å². The number of ketones is 1. The Bertz CT molecular complexity index is 2180. The summed E-state index contributed by atoms with van der Waals surface area (Å²) in [4.78, 5) is 20.8. The number of hydrogen-bond acceptors (Lipinski definition) is 5. The van der Waals surface area contributed by atoms with Crippen LogP contribution in [0.15, 0.2) is 78.7 Å². The summed E-state index contributed by atoms with van der Waals surface area (Å²) in [6, 6.07) is 21.1. The van der Waals surface area contributed by atoms with Crippen molar-refractivity contribution in [3.8, 4) is 22.9 Å². The van der Waals surface area contributed by atoms with Crippen molar-refractivity contribution in [1.29, 1.82) is 0 Å². The van der Waals surface area contributed by atoms with Crippen LogP contribution in [0.1, 0.15) is 41.5 Å². The average Bonchev–Trinajstić information content (AvgIpc) is 2.96. The van der Waals surface area contributed by atoms with E-state index < -0.39 is 17.0 Å². The molecule has 4 aromatic carbocycles. The van der Waals surface area contributed by atoms with Gasteiger partial charge in [0.25, 0.3) is 0 Å². The molecule has 2 aromatic heterocycles. The zero-order valence-corrected chi connectivity index (χ0v) is 28.1. The summed E-state index contributed by atoms with van der Waals surface area (Å²) in [5.41, 5.74) is 1.48. The first-order valence-electron chi connectivity index (χ1n) is 14.3. The monoisotopic (exact) mass is 782 g/mol. The molecule has 3 heterocycles. The number of benzene rings is 4. The van der Waals surface area contributed by atoms with Gasteiger partial charge in [0.2, 0.25) is 0 Å². The summed E-state index contributed by atoms with van der Waals surface area (Å²) in [5.74, 6) is -0.614. The number of halogens is 2. The van der Waals surface area contributed by atoms with Crippen molar-refractivity contribution >= 4 is 49.0 Å². The number of pyridine rings is 2. The number of hydrogen-bond donors (Lipinski definition) is 1. The third-order valence-corrected chi connectivity index (χ3v) is 7.68. The Morgan fingerprint density at radius 2 is 1.58 bits per heavy atom. The number of carbonyl (C=O) groups is 1. The number of nitrogens with zero attached hydrogens (tertiary/aromatic N) is 2. The summed E-state index contributed by atoms with van der Waals surface area (Å²) >= 11 is 0. The van der Waals surface area contributed by atoms with Gasteiger partial charge < -0.3 is 9.84 Å². The molecule has 0 unspecified atom stereocenters. The molecule has 0 spiro atoms. The second kappa shape index (κ2) is 11.6. The number of para-hydroxylation sites is 1. The van der Waals surface area contributed by atoms with Crippen molar-refractivity contribution in [3.63, 3.8) is 0 Å². The van der Waals surface area contributed by atoms with Crippen LogP contribution in [0.3, 0.4) is 0 Å². The number of rotatable bonds is 1. The predicted molar refractivity (Wildman–Crippen MR) is 171 cm³/mol. The number of carbonyl (C=O) groups excluding carboxylic acids is 1. The summed E-state index contributed by atoms with van der Waals surface area (Å²) in [6.07, 6.45) is 3.08.